The van der Waals surface area contributed by atoms with Gasteiger partial charge in [-0.2, -0.15) is 0 Å². The Morgan fingerprint density at radius 2 is 2.12 bits per heavy atom. The second-order valence-electron chi connectivity index (χ2n) is 2.27. The van der Waals surface area contributed by atoms with Crippen molar-refractivity contribution in [3.8, 4) is 0 Å². The normalized spacial score (nSPS) is 31.9. The van der Waals surface area contributed by atoms with E-state index >= 15 is 0 Å². The van der Waals surface area contributed by atoms with Gasteiger partial charge in [0.1, 0.15) is 0 Å². The minimum atomic E-state index is 0.248. The zero-order valence-corrected chi connectivity index (χ0v) is 5.75. The van der Waals surface area contributed by atoms with E-state index < -0.39 is 0 Å². The molecule has 1 nitrogen and oxygen atoms in total. The van der Waals surface area contributed by atoms with Crippen LogP contribution in [0.3, 0.4) is 0 Å². The van der Waals surface area contributed by atoms with Gasteiger partial charge < -0.3 is 5.32 Å². The third-order valence-corrected chi connectivity index (χ3v) is 1.87. The lowest BCUT2D eigenvalue weighted by Crippen LogP contribution is -2.21. The third kappa shape index (κ3) is 2.01. The quantitative estimate of drug-likeness (QED) is 0.392. The largest absolute Gasteiger partial charge is 0.301 e. The molecule has 1 unspecified atom stereocenters. The van der Waals surface area contributed by atoms with Gasteiger partial charge in [0.25, 0.3) is 0 Å². The van der Waals surface area contributed by atoms with Crippen LogP contribution in [0.4, 0.5) is 0 Å². The molecule has 0 aromatic rings. The molecule has 0 aromatic heterocycles. The van der Waals surface area contributed by atoms with E-state index in [-0.39, 0.29) is 5.50 Å². The fourth-order valence-corrected chi connectivity index (χ4v) is 1.25. The zero-order valence-electron chi connectivity index (χ0n) is 4.99. The van der Waals surface area contributed by atoms with E-state index in [0.717, 1.165) is 13.0 Å². The molecular formula is C6H12ClN. The molecule has 0 amide bonds. The minimum absolute atomic E-state index is 0.248. The average molecular weight is 134 g/mol. The van der Waals surface area contributed by atoms with Gasteiger partial charge in [0.05, 0.1) is 5.50 Å². The summed E-state index contributed by atoms with van der Waals surface area (Å²) < 4.78 is 0. The van der Waals surface area contributed by atoms with Crippen LogP contribution in [0, 0.1) is 0 Å². The van der Waals surface area contributed by atoms with Crippen LogP contribution in [0.1, 0.15) is 25.7 Å². The summed E-state index contributed by atoms with van der Waals surface area (Å²) in [5.41, 5.74) is 0.248. The average Bonchev–Trinajstić information content (AvgIpc) is 1.94. The molecule has 0 radical (unpaired) electrons. The Balaban J connectivity index is 2.17. The van der Waals surface area contributed by atoms with Gasteiger partial charge in [0, 0.05) is 0 Å². The van der Waals surface area contributed by atoms with E-state index in [2.05, 4.69) is 5.32 Å². The fourth-order valence-electron chi connectivity index (χ4n) is 0.986. The Labute approximate surface area is 55.4 Å². The summed E-state index contributed by atoms with van der Waals surface area (Å²) in [6, 6.07) is 0. The molecule has 1 N–H and O–H groups in total. The highest BCUT2D eigenvalue weighted by Crippen LogP contribution is 2.09. The summed E-state index contributed by atoms with van der Waals surface area (Å²) in [4.78, 5) is 0. The van der Waals surface area contributed by atoms with Crippen LogP contribution in [0.25, 0.3) is 0 Å². The Morgan fingerprint density at radius 3 is 3.00 bits per heavy atom. The molecule has 8 heavy (non-hydrogen) atoms. The molecule has 48 valence electrons. The molecule has 0 spiro atoms. The molecule has 1 aliphatic rings. The molecule has 1 saturated heterocycles. The SMILES string of the molecule is ClC1CCCCCN1. The van der Waals surface area contributed by atoms with Crippen LogP contribution in [0.2, 0.25) is 0 Å². The van der Waals surface area contributed by atoms with Crippen molar-refractivity contribution in [2.24, 2.45) is 0 Å². The van der Waals surface area contributed by atoms with E-state index in [0.29, 0.717) is 0 Å². The molecule has 1 heterocycles. The van der Waals surface area contributed by atoms with Gasteiger partial charge in [-0.3, -0.25) is 0 Å². The highest BCUT2D eigenvalue weighted by atomic mass is 35.5. The van der Waals surface area contributed by atoms with Gasteiger partial charge in [-0.25, -0.2) is 0 Å². The van der Waals surface area contributed by atoms with Crippen molar-refractivity contribution in [2.75, 3.05) is 6.54 Å². The first-order chi connectivity index (χ1) is 3.89. The number of halogens is 1. The lowest BCUT2D eigenvalue weighted by molar-refractivity contribution is 0.649. The maximum Gasteiger partial charge on any atom is 0.0825 e. The number of hydrogen-bond acceptors (Lipinski definition) is 1. The van der Waals surface area contributed by atoms with Crippen molar-refractivity contribution in [3.63, 3.8) is 0 Å². The molecule has 2 heteroatoms. The number of alkyl halides is 1. The molecule has 1 rings (SSSR count). The maximum atomic E-state index is 5.81. The summed E-state index contributed by atoms with van der Waals surface area (Å²) in [6.07, 6.45) is 5.07. The third-order valence-electron chi connectivity index (χ3n) is 1.50. The van der Waals surface area contributed by atoms with Crippen LogP contribution in [0.15, 0.2) is 0 Å². The Kier molecular flexibility index (Phi) is 2.64. The van der Waals surface area contributed by atoms with Gasteiger partial charge in [-0.1, -0.05) is 12.8 Å². The van der Waals surface area contributed by atoms with Gasteiger partial charge in [-0.15, -0.1) is 11.6 Å². The predicted octanol–water partition coefficient (Wildman–Crippen LogP) is 1.71. The van der Waals surface area contributed by atoms with Crippen molar-refractivity contribution < 1.29 is 0 Å². The molecule has 1 aliphatic heterocycles. The van der Waals surface area contributed by atoms with Crippen LogP contribution in [0.5, 0.6) is 0 Å². The molecule has 1 fully saturated rings. The number of rotatable bonds is 0. The van der Waals surface area contributed by atoms with Crippen LogP contribution in [-0.4, -0.2) is 12.0 Å². The summed E-state index contributed by atoms with van der Waals surface area (Å²) in [5, 5.41) is 3.21. The maximum absolute atomic E-state index is 5.81. The first-order valence-electron chi connectivity index (χ1n) is 3.27. The molecule has 0 aromatic carbocycles. The van der Waals surface area contributed by atoms with Crippen LogP contribution in [-0.2, 0) is 0 Å². The van der Waals surface area contributed by atoms with Gasteiger partial charge in [0.15, 0.2) is 0 Å². The van der Waals surface area contributed by atoms with Gasteiger partial charge in [0.2, 0.25) is 0 Å². The Bertz CT molecular complexity index is 57.5. The molecule has 0 saturated carbocycles. The minimum Gasteiger partial charge on any atom is -0.301 e. The van der Waals surface area contributed by atoms with Gasteiger partial charge >= 0.3 is 0 Å². The smallest absolute Gasteiger partial charge is 0.0825 e. The summed E-state index contributed by atoms with van der Waals surface area (Å²) in [7, 11) is 0. The fraction of sp³-hybridized carbons (Fsp3) is 1.00. The van der Waals surface area contributed by atoms with E-state index in [1.165, 1.54) is 19.3 Å². The molecule has 0 aliphatic carbocycles. The van der Waals surface area contributed by atoms with E-state index in [1.807, 2.05) is 0 Å². The highest BCUT2D eigenvalue weighted by Gasteiger charge is 2.05. The molecular weight excluding hydrogens is 122 g/mol. The monoisotopic (exact) mass is 133 g/mol. The highest BCUT2D eigenvalue weighted by molar-refractivity contribution is 6.20. The Morgan fingerprint density at radius 1 is 1.25 bits per heavy atom. The summed E-state index contributed by atoms with van der Waals surface area (Å²) >= 11 is 5.81. The van der Waals surface area contributed by atoms with Crippen molar-refractivity contribution in [1.29, 1.82) is 0 Å². The van der Waals surface area contributed by atoms with E-state index in [9.17, 15) is 0 Å². The van der Waals surface area contributed by atoms with Gasteiger partial charge in [-0.05, 0) is 19.4 Å². The number of hydrogen-bond donors (Lipinski definition) is 1. The Hall–Kier alpha value is 0.250. The van der Waals surface area contributed by atoms with Crippen LogP contribution < -0.4 is 5.32 Å². The van der Waals surface area contributed by atoms with E-state index in [1.54, 1.807) is 0 Å². The number of nitrogens with one attached hydrogen (secondary N) is 1. The first kappa shape index (κ1) is 6.37. The van der Waals surface area contributed by atoms with Crippen molar-refractivity contribution in [1.82, 2.24) is 5.32 Å². The zero-order chi connectivity index (χ0) is 5.82. The van der Waals surface area contributed by atoms with Crippen molar-refractivity contribution in [3.05, 3.63) is 0 Å². The predicted molar refractivity (Wildman–Crippen MR) is 36.1 cm³/mol. The van der Waals surface area contributed by atoms with Crippen LogP contribution >= 0.6 is 11.6 Å². The van der Waals surface area contributed by atoms with Crippen molar-refractivity contribution >= 4 is 11.6 Å². The second-order valence-corrected chi connectivity index (χ2v) is 2.80. The van der Waals surface area contributed by atoms with E-state index in [4.69, 9.17) is 11.6 Å². The standard InChI is InChI=1S/C6H12ClN/c7-6-4-2-1-3-5-8-6/h6,8H,1-5H2. The lowest BCUT2D eigenvalue weighted by Gasteiger charge is -2.03. The summed E-state index contributed by atoms with van der Waals surface area (Å²) in [5.74, 6) is 0. The second kappa shape index (κ2) is 3.31. The first-order valence-corrected chi connectivity index (χ1v) is 3.71. The summed E-state index contributed by atoms with van der Waals surface area (Å²) in [6.45, 7) is 1.11. The van der Waals surface area contributed by atoms with Crippen molar-refractivity contribution in [2.45, 2.75) is 31.2 Å². The molecule has 1 atom stereocenters. The lowest BCUT2D eigenvalue weighted by atomic mass is 10.2. The topological polar surface area (TPSA) is 12.0 Å². The molecule has 0 bridgehead atoms.